The van der Waals surface area contributed by atoms with Crippen LogP contribution < -0.4 is 0 Å². The van der Waals surface area contributed by atoms with Crippen LogP contribution in [0, 0.1) is 29.1 Å². The smallest absolute Gasteiger partial charge is 0.310 e. The van der Waals surface area contributed by atoms with E-state index in [0.29, 0.717) is 6.61 Å². The van der Waals surface area contributed by atoms with Crippen molar-refractivity contribution in [1.82, 2.24) is 0 Å². The zero-order valence-electron chi connectivity index (χ0n) is 16.0. The van der Waals surface area contributed by atoms with Crippen molar-refractivity contribution in [1.29, 1.82) is 0 Å². The van der Waals surface area contributed by atoms with Gasteiger partial charge in [-0.3, -0.25) is 9.59 Å². The van der Waals surface area contributed by atoms with Gasteiger partial charge in [0, 0.05) is 23.9 Å². The first-order chi connectivity index (χ1) is 11.4. The summed E-state index contributed by atoms with van der Waals surface area (Å²) in [5, 5.41) is 9.78. The van der Waals surface area contributed by atoms with Gasteiger partial charge in [0.2, 0.25) is 0 Å². The summed E-state index contributed by atoms with van der Waals surface area (Å²) in [6.45, 7) is 15.2. The molecule has 2 aliphatic rings. The Morgan fingerprint density at radius 2 is 1.76 bits per heavy atom. The summed E-state index contributed by atoms with van der Waals surface area (Å²) in [4.78, 5) is 24.2. The molecule has 1 saturated carbocycles. The van der Waals surface area contributed by atoms with Gasteiger partial charge in [0.25, 0.3) is 0 Å². The fourth-order valence-corrected chi connectivity index (χ4v) is 5.00. The summed E-state index contributed by atoms with van der Waals surface area (Å²) in [7, 11) is -0.709. The molecule has 0 aliphatic heterocycles. The maximum absolute atomic E-state index is 12.3. The Hall–Kier alpha value is -1.40. The molecule has 25 heavy (non-hydrogen) atoms. The molecule has 0 aromatic rings. The first-order valence-corrected chi connectivity index (χ1v) is 11.6. The number of carbonyl (C=O) groups excluding carboxylic acids is 1. The molecule has 2 aliphatic carbocycles. The molecular formula is C19H30O5Si. The largest absolute Gasteiger partial charge is 0.481 e. The number of carboxylic acid groups (broad SMARTS) is 1. The van der Waals surface area contributed by atoms with E-state index in [-0.39, 0.29) is 16.9 Å². The Morgan fingerprint density at radius 1 is 1.24 bits per heavy atom. The molecule has 2 bridgehead atoms. The Bertz CT molecular complexity index is 603. The quantitative estimate of drug-likeness (QED) is 0.442. The lowest BCUT2D eigenvalue weighted by Gasteiger charge is -2.41. The number of carboxylic acids is 1. The van der Waals surface area contributed by atoms with Crippen molar-refractivity contribution in [3.8, 4) is 0 Å². The Morgan fingerprint density at radius 3 is 2.16 bits per heavy atom. The molecule has 1 N–H and O–H groups in total. The van der Waals surface area contributed by atoms with Gasteiger partial charge in [-0.2, -0.15) is 0 Å². The second-order valence-corrected chi connectivity index (χ2v) is 13.5. The standard InChI is InChI=1S/C19H30O5Si/c1-8-19(11-24-25(6,7)18(2,3)4)12-9-10-13(19)15(17(22)23-5)14(12)16(20)21/h8-10,12-15H,1,11H2,2-7H3,(H,20,21)/t12-,13+,14+,15-,19-/m1/s1. The highest BCUT2D eigenvalue weighted by Crippen LogP contribution is 2.61. The zero-order valence-corrected chi connectivity index (χ0v) is 17.0. The number of hydrogen-bond donors (Lipinski definition) is 1. The number of methoxy groups -OCH3 is 1. The van der Waals surface area contributed by atoms with Gasteiger partial charge < -0.3 is 14.3 Å². The molecule has 0 aromatic carbocycles. The normalized spacial score (nSPS) is 34.2. The van der Waals surface area contributed by atoms with Crippen LogP contribution in [0.2, 0.25) is 18.1 Å². The Labute approximate surface area is 151 Å². The lowest BCUT2D eigenvalue weighted by Crippen LogP contribution is -2.45. The van der Waals surface area contributed by atoms with Crippen LogP contribution >= 0.6 is 0 Å². The summed E-state index contributed by atoms with van der Waals surface area (Å²) in [6.07, 6.45) is 5.66. The summed E-state index contributed by atoms with van der Waals surface area (Å²) in [5.41, 5.74) is -0.572. The van der Waals surface area contributed by atoms with Crippen molar-refractivity contribution in [2.24, 2.45) is 29.1 Å². The molecule has 0 heterocycles. The van der Waals surface area contributed by atoms with Crippen LogP contribution in [0.1, 0.15) is 20.8 Å². The fraction of sp³-hybridized carbons (Fsp3) is 0.684. The van der Waals surface area contributed by atoms with Gasteiger partial charge in [-0.1, -0.05) is 39.0 Å². The highest BCUT2D eigenvalue weighted by Gasteiger charge is 2.65. The van der Waals surface area contributed by atoms with E-state index in [4.69, 9.17) is 9.16 Å². The first kappa shape index (κ1) is 19.9. The van der Waals surface area contributed by atoms with E-state index in [2.05, 4.69) is 40.4 Å². The molecule has 0 saturated heterocycles. The number of hydrogen-bond acceptors (Lipinski definition) is 4. The predicted octanol–water partition coefficient (Wildman–Crippen LogP) is 3.49. The van der Waals surface area contributed by atoms with Crippen molar-refractivity contribution in [3.63, 3.8) is 0 Å². The molecule has 2 rings (SSSR count). The van der Waals surface area contributed by atoms with Crippen molar-refractivity contribution in [2.75, 3.05) is 13.7 Å². The van der Waals surface area contributed by atoms with Crippen LogP contribution in [0.3, 0.4) is 0 Å². The topological polar surface area (TPSA) is 72.8 Å². The van der Waals surface area contributed by atoms with Crippen LogP contribution in [0.25, 0.3) is 0 Å². The molecule has 5 nitrogen and oxygen atoms in total. The van der Waals surface area contributed by atoms with E-state index in [1.807, 2.05) is 12.2 Å². The second kappa shape index (κ2) is 6.40. The highest BCUT2D eigenvalue weighted by molar-refractivity contribution is 6.74. The van der Waals surface area contributed by atoms with E-state index in [9.17, 15) is 14.7 Å². The van der Waals surface area contributed by atoms with Gasteiger partial charge in [0.1, 0.15) is 0 Å². The average molecular weight is 367 g/mol. The third-order valence-electron chi connectivity index (χ3n) is 6.56. The lowest BCUT2D eigenvalue weighted by atomic mass is 9.76. The molecule has 0 unspecified atom stereocenters. The third kappa shape index (κ3) is 2.99. The third-order valence-corrected chi connectivity index (χ3v) is 11.0. The van der Waals surface area contributed by atoms with E-state index in [0.717, 1.165) is 0 Å². The van der Waals surface area contributed by atoms with Crippen LogP contribution in [-0.2, 0) is 18.8 Å². The molecule has 140 valence electrons. The van der Waals surface area contributed by atoms with Gasteiger partial charge in [-0.25, -0.2) is 0 Å². The summed E-state index contributed by atoms with van der Waals surface area (Å²) < 4.78 is 11.3. The molecule has 0 spiro atoms. The minimum absolute atomic E-state index is 0.0500. The van der Waals surface area contributed by atoms with Gasteiger partial charge in [0.15, 0.2) is 8.32 Å². The summed E-state index contributed by atoms with van der Waals surface area (Å²) >= 11 is 0. The number of ether oxygens (including phenoxy) is 1. The number of carbonyl (C=O) groups is 2. The summed E-state index contributed by atoms with van der Waals surface area (Å²) in [5.74, 6) is -3.50. The fourth-order valence-electron chi connectivity index (χ4n) is 3.96. The number of allylic oxidation sites excluding steroid dienone is 2. The zero-order chi connectivity index (χ0) is 19.2. The van der Waals surface area contributed by atoms with Gasteiger partial charge >= 0.3 is 11.9 Å². The lowest BCUT2D eigenvalue weighted by molar-refractivity contribution is -0.156. The number of rotatable bonds is 6. The minimum Gasteiger partial charge on any atom is -0.481 e. The van der Waals surface area contributed by atoms with E-state index < -0.39 is 37.5 Å². The summed E-state index contributed by atoms with van der Waals surface area (Å²) in [6, 6.07) is 0. The average Bonchev–Trinajstić information content (AvgIpc) is 3.01. The highest BCUT2D eigenvalue weighted by atomic mass is 28.4. The van der Waals surface area contributed by atoms with Crippen LogP contribution in [0.4, 0.5) is 0 Å². The van der Waals surface area contributed by atoms with E-state index in [1.165, 1.54) is 7.11 Å². The molecule has 0 radical (unpaired) electrons. The van der Waals surface area contributed by atoms with Crippen LogP contribution in [0.5, 0.6) is 0 Å². The van der Waals surface area contributed by atoms with E-state index >= 15 is 0 Å². The number of esters is 1. The van der Waals surface area contributed by atoms with Crippen molar-refractivity contribution in [2.45, 2.75) is 38.9 Å². The molecule has 6 heteroatoms. The molecule has 1 fully saturated rings. The van der Waals surface area contributed by atoms with Crippen molar-refractivity contribution >= 4 is 20.3 Å². The Kier molecular flexibility index (Phi) is 5.09. The van der Waals surface area contributed by atoms with Crippen LogP contribution in [-0.4, -0.2) is 39.1 Å². The monoisotopic (exact) mass is 366 g/mol. The first-order valence-electron chi connectivity index (χ1n) is 8.69. The molecule has 0 amide bonds. The van der Waals surface area contributed by atoms with Gasteiger partial charge in [0.05, 0.1) is 18.9 Å². The van der Waals surface area contributed by atoms with Gasteiger partial charge in [-0.05, 0) is 18.1 Å². The minimum atomic E-state index is -2.01. The maximum Gasteiger partial charge on any atom is 0.310 e. The maximum atomic E-state index is 12.3. The predicted molar refractivity (Wildman–Crippen MR) is 98.5 cm³/mol. The van der Waals surface area contributed by atoms with Gasteiger partial charge in [-0.15, -0.1) is 6.58 Å². The molecule has 0 aromatic heterocycles. The van der Waals surface area contributed by atoms with Crippen molar-refractivity contribution < 1.29 is 23.9 Å². The van der Waals surface area contributed by atoms with E-state index in [1.54, 1.807) is 6.08 Å². The van der Waals surface area contributed by atoms with Crippen LogP contribution in [0.15, 0.2) is 24.8 Å². The number of aliphatic carboxylic acids is 1. The number of fused-ring (bicyclic) bond motifs is 2. The Balaban J connectivity index is 2.37. The molecular weight excluding hydrogens is 336 g/mol. The SMILES string of the molecule is C=C[C@@]1(CO[Si](C)(C)C(C)(C)C)[C@@H]2C=C[C@H]1[C@@H](C(=O)OC)[C@H]2C(=O)O. The second-order valence-electron chi connectivity index (χ2n) is 8.71. The molecule has 5 atom stereocenters. The van der Waals surface area contributed by atoms with Crippen molar-refractivity contribution in [3.05, 3.63) is 24.8 Å².